The standard InChI is InChI=1S/C35H42F2O4/c1-3-5-23-6-10-25(11-7-23)26-12-13-28-21-29(15-14-27(28)20-26)35(38)41-30-16-8-24(9-17-30)22-40-32-19-18-31(39-4-2)33(36)34(32)37/h6-11,16-19,26-29,35,38H,3-5,12-15,20-22H2,1-2H3. The molecule has 4 nitrogen and oxygen atoms in total. The molecule has 41 heavy (non-hydrogen) atoms. The van der Waals surface area contributed by atoms with Crippen LogP contribution in [0.2, 0.25) is 0 Å². The second-order valence-electron chi connectivity index (χ2n) is 11.7. The molecule has 0 saturated heterocycles. The van der Waals surface area contributed by atoms with Gasteiger partial charge in [0.2, 0.25) is 11.6 Å². The van der Waals surface area contributed by atoms with E-state index in [4.69, 9.17) is 14.2 Å². The van der Waals surface area contributed by atoms with Gasteiger partial charge in [0.15, 0.2) is 17.8 Å². The Labute approximate surface area is 242 Å². The van der Waals surface area contributed by atoms with Gasteiger partial charge in [-0.3, -0.25) is 0 Å². The molecule has 0 amide bonds. The van der Waals surface area contributed by atoms with E-state index in [1.54, 1.807) is 31.2 Å². The summed E-state index contributed by atoms with van der Waals surface area (Å²) in [5.74, 6) is 0.304. The third kappa shape index (κ3) is 7.21. The topological polar surface area (TPSA) is 47.9 Å². The maximum absolute atomic E-state index is 14.3. The summed E-state index contributed by atoms with van der Waals surface area (Å²) in [4.78, 5) is 0. The van der Waals surface area contributed by atoms with Crippen LogP contribution >= 0.6 is 0 Å². The van der Waals surface area contributed by atoms with Crippen LogP contribution in [-0.2, 0) is 13.0 Å². The number of ether oxygens (including phenoxy) is 3. The third-order valence-corrected chi connectivity index (χ3v) is 8.93. The zero-order valence-electron chi connectivity index (χ0n) is 24.2. The summed E-state index contributed by atoms with van der Waals surface area (Å²) < 4.78 is 44.9. The fourth-order valence-corrected chi connectivity index (χ4v) is 6.69. The van der Waals surface area contributed by atoms with Crippen LogP contribution in [0.5, 0.6) is 17.2 Å². The van der Waals surface area contributed by atoms with Gasteiger partial charge >= 0.3 is 0 Å². The Kier molecular flexibility index (Phi) is 9.81. The number of aliphatic hydroxyl groups is 1. The molecule has 2 aliphatic rings. The fourth-order valence-electron chi connectivity index (χ4n) is 6.69. The average Bonchev–Trinajstić information content (AvgIpc) is 3.00. The summed E-state index contributed by atoms with van der Waals surface area (Å²) in [5.41, 5.74) is 3.69. The Bertz CT molecular complexity index is 1260. The number of aryl methyl sites for hydroxylation is 1. The Morgan fingerprint density at radius 3 is 2.07 bits per heavy atom. The van der Waals surface area contributed by atoms with Gasteiger partial charge in [-0.25, -0.2) is 0 Å². The molecule has 5 rings (SSSR count). The van der Waals surface area contributed by atoms with Gasteiger partial charge < -0.3 is 19.3 Å². The molecule has 2 fully saturated rings. The van der Waals surface area contributed by atoms with Gasteiger partial charge in [0, 0.05) is 5.92 Å². The Morgan fingerprint density at radius 1 is 0.756 bits per heavy atom. The van der Waals surface area contributed by atoms with E-state index in [2.05, 4.69) is 31.2 Å². The van der Waals surface area contributed by atoms with E-state index in [1.165, 1.54) is 48.9 Å². The zero-order valence-corrected chi connectivity index (χ0v) is 24.2. The Hall–Kier alpha value is -3.12. The minimum absolute atomic E-state index is 0.0722. The third-order valence-electron chi connectivity index (χ3n) is 8.93. The molecule has 0 heterocycles. The van der Waals surface area contributed by atoms with E-state index < -0.39 is 17.9 Å². The molecule has 0 radical (unpaired) electrons. The lowest BCUT2D eigenvalue weighted by molar-refractivity contribution is -0.0877. The fraction of sp³-hybridized carbons (Fsp3) is 0.486. The second kappa shape index (κ2) is 13.7. The molecule has 5 atom stereocenters. The van der Waals surface area contributed by atoms with Crippen molar-refractivity contribution in [1.29, 1.82) is 0 Å². The highest BCUT2D eigenvalue weighted by molar-refractivity contribution is 5.35. The quantitative estimate of drug-likeness (QED) is 0.237. The molecule has 0 bridgehead atoms. The van der Waals surface area contributed by atoms with Crippen LogP contribution in [0.25, 0.3) is 0 Å². The monoisotopic (exact) mass is 564 g/mol. The van der Waals surface area contributed by atoms with E-state index >= 15 is 0 Å². The Balaban J connectivity index is 1.09. The molecule has 1 N–H and O–H groups in total. The Morgan fingerprint density at radius 2 is 1.39 bits per heavy atom. The summed E-state index contributed by atoms with van der Waals surface area (Å²) in [6, 6.07) is 19.2. The predicted octanol–water partition coefficient (Wildman–Crippen LogP) is 8.59. The highest BCUT2D eigenvalue weighted by Gasteiger charge is 2.38. The van der Waals surface area contributed by atoms with Crippen LogP contribution in [0.15, 0.2) is 60.7 Å². The highest BCUT2D eigenvalue weighted by Crippen LogP contribution is 2.48. The van der Waals surface area contributed by atoms with Gasteiger partial charge in [-0.2, -0.15) is 8.78 Å². The minimum atomic E-state index is -1.07. The first-order valence-electron chi connectivity index (χ1n) is 15.2. The average molecular weight is 565 g/mol. The first-order valence-corrected chi connectivity index (χ1v) is 15.2. The normalized spacial score (nSPS) is 23.0. The largest absolute Gasteiger partial charge is 0.491 e. The lowest BCUT2D eigenvalue weighted by Crippen LogP contribution is -2.37. The number of rotatable bonds is 11. The SMILES string of the molecule is CCCc1ccc(C2CCC3CC(C(O)Oc4ccc(COc5ccc(OCC)c(F)c5F)cc4)CCC3C2)cc1. The second-order valence-corrected chi connectivity index (χ2v) is 11.7. The number of halogens is 2. The van der Waals surface area contributed by atoms with Gasteiger partial charge in [0.05, 0.1) is 6.61 Å². The van der Waals surface area contributed by atoms with Crippen molar-refractivity contribution in [2.75, 3.05) is 6.61 Å². The molecule has 5 unspecified atom stereocenters. The van der Waals surface area contributed by atoms with Crippen LogP contribution in [0, 0.1) is 29.4 Å². The first-order chi connectivity index (χ1) is 19.9. The van der Waals surface area contributed by atoms with E-state index in [1.807, 2.05) is 0 Å². The molecule has 3 aromatic rings. The van der Waals surface area contributed by atoms with Crippen LogP contribution < -0.4 is 14.2 Å². The van der Waals surface area contributed by atoms with Gasteiger partial charge in [-0.1, -0.05) is 49.7 Å². The number of benzene rings is 3. The maximum atomic E-state index is 14.3. The van der Waals surface area contributed by atoms with Crippen molar-refractivity contribution in [1.82, 2.24) is 0 Å². The van der Waals surface area contributed by atoms with Crippen molar-refractivity contribution in [3.8, 4) is 17.2 Å². The summed E-state index contributed by atoms with van der Waals surface area (Å²) in [6.45, 7) is 4.25. The molecular weight excluding hydrogens is 522 g/mol. The molecule has 2 aliphatic carbocycles. The van der Waals surface area contributed by atoms with Gasteiger partial charge in [-0.05, 0) is 111 Å². The molecule has 0 aliphatic heterocycles. The van der Waals surface area contributed by atoms with Crippen molar-refractivity contribution in [3.05, 3.63) is 89.0 Å². The van der Waals surface area contributed by atoms with Crippen LogP contribution in [-0.4, -0.2) is 18.0 Å². The number of hydrogen-bond donors (Lipinski definition) is 1. The van der Waals surface area contributed by atoms with E-state index in [-0.39, 0.29) is 30.6 Å². The number of hydrogen-bond acceptors (Lipinski definition) is 4. The predicted molar refractivity (Wildman–Crippen MR) is 156 cm³/mol. The first kappa shape index (κ1) is 29.4. The van der Waals surface area contributed by atoms with E-state index in [0.29, 0.717) is 17.6 Å². The van der Waals surface area contributed by atoms with Crippen molar-refractivity contribution >= 4 is 0 Å². The summed E-state index contributed by atoms with van der Waals surface area (Å²) in [7, 11) is 0. The molecule has 0 aromatic heterocycles. The van der Waals surface area contributed by atoms with Crippen LogP contribution in [0.4, 0.5) is 8.78 Å². The van der Waals surface area contributed by atoms with Gasteiger partial charge in [0.1, 0.15) is 12.4 Å². The van der Waals surface area contributed by atoms with Crippen molar-refractivity contribution in [3.63, 3.8) is 0 Å². The molecule has 2 saturated carbocycles. The molecule has 3 aromatic carbocycles. The molecule has 0 spiro atoms. The summed E-state index contributed by atoms with van der Waals surface area (Å²) in [6.07, 6.45) is 8.27. The maximum Gasteiger partial charge on any atom is 0.204 e. The lowest BCUT2D eigenvalue weighted by Gasteiger charge is -2.43. The summed E-state index contributed by atoms with van der Waals surface area (Å²) >= 11 is 0. The molecule has 220 valence electrons. The lowest BCUT2D eigenvalue weighted by atomic mass is 9.63. The minimum Gasteiger partial charge on any atom is -0.491 e. The molecular formula is C35H42F2O4. The van der Waals surface area contributed by atoms with Crippen LogP contribution in [0.3, 0.4) is 0 Å². The highest BCUT2D eigenvalue weighted by atomic mass is 19.2. The van der Waals surface area contributed by atoms with Crippen molar-refractivity contribution < 1.29 is 28.1 Å². The van der Waals surface area contributed by atoms with Gasteiger partial charge in [0.25, 0.3) is 0 Å². The number of fused-ring (bicyclic) bond motifs is 1. The zero-order chi connectivity index (χ0) is 28.8. The molecule has 6 heteroatoms. The van der Waals surface area contributed by atoms with E-state index in [0.717, 1.165) is 37.2 Å². The van der Waals surface area contributed by atoms with Crippen LogP contribution in [0.1, 0.15) is 81.4 Å². The van der Waals surface area contributed by atoms with Crippen molar-refractivity contribution in [2.24, 2.45) is 17.8 Å². The smallest absolute Gasteiger partial charge is 0.204 e. The van der Waals surface area contributed by atoms with Gasteiger partial charge in [-0.15, -0.1) is 0 Å². The number of aliphatic hydroxyl groups excluding tert-OH is 1. The summed E-state index contributed by atoms with van der Waals surface area (Å²) in [5, 5.41) is 10.9. The van der Waals surface area contributed by atoms with Crippen molar-refractivity contribution in [2.45, 2.75) is 84.0 Å². The van der Waals surface area contributed by atoms with E-state index in [9.17, 15) is 13.9 Å².